The molecule has 3 nitrogen and oxygen atoms in total. The van der Waals surface area contributed by atoms with Gasteiger partial charge in [0, 0.05) is 6.26 Å². The number of hydrogen-bond donors (Lipinski definition) is 1. The van der Waals surface area contributed by atoms with E-state index in [-0.39, 0.29) is 0 Å². The van der Waals surface area contributed by atoms with Gasteiger partial charge < -0.3 is 5.32 Å². The molecule has 0 aliphatic rings. The van der Waals surface area contributed by atoms with E-state index in [1.807, 2.05) is 26.1 Å². The summed E-state index contributed by atoms with van der Waals surface area (Å²) in [4.78, 5) is 0.441. The zero-order chi connectivity index (χ0) is 11.5. The molecule has 1 N–H and O–H groups in total. The fourth-order valence-electron chi connectivity index (χ4n) is 1.47. The minimum Gasteiger partial charge on any atom is -0.319 e. The zero-order valence-corrected chi connectivity index (χ0v) is 10.2. The average Bonchev–Trinajstić information content (AvgIpc) is 2.15. The minimum absolute atomic E-state index is 0.441. The lowest BCUT2D eigenvalue weighted by atomic mass is 10.1. The van der Waals surface area contributed by atoms with Crippen molar-refractivity contribution in [2.45, 2.75) is 18.2 Å². The number of aryl methyl sites for hydroxylation is 1. The molecule has 0 bridgehead atoms. The highest BCUT2D eigenvalue weighted by molar-refractivity contribution is 7.90. The van der Waals surface area contributed by atoms with Gasteiger partial charge in [-0.1, -0.05) is 12.1 Å². The van der Waals surface area contributed by atoms with Crippen molar-refractivity contribution >= 4 is 9.84 Å². The largest absolute Gasteiger partial charge is 0.319 e. The third-order valence-corrected chi connectivity index (χ3v) is 3.55. The van der Waals surface area contributed by atoms with Gasteiger partial charge >= 0.3 is 0 Å². The number of hydrogen-bond acceptors (Lipinski definition) is 3. The number of nitrogens with one attached hydrogen (secondary N) is 1. The predicted molar refractivity (Wildman–Crippen MR) is 61.9 cm³/mol. The Labute approximate surface area is 91.4 Å². The third-order valence-electron chi connectivity index (χ3n) is 2.32. The fraction of sp³-hybridized carbons (Fsp3) is 0.455. The van der Waals surface area contributed by atoms with Crippen LogP contribution in [0.5, 0.6) is 0 Å². The Hall–Kier alpha value is -0.870. The first-order valence-electron chi connectivity index (χ1n) is 4.89. The molecule has 0 aliphatic heterocycles. The molecule has 84 valence electrons. The van der Waals surface area contributed by atoms with Gasteiger partial charge in [-0.3, -0.25) is 0 Å². The van der Waals surface area contributed by atoms with Crippen LogP contribution in [0.4, 0.5) is 0 Å². The SMILES string of the molecule is CNCCc1ccc(C)c(S(C)(=O)=O)c1. The smallest absolute Gasteiger partial charge is 0.175 e. The van der Waals surface area contributed by atoms with Crippen molar-refractivity contribution in [2.75, 3.05) is 19.8 Å². The molecular weight excluding hydrogens is 210 g/mol. The molecular formula is C11H17NO2S. The van der Waals surface area contributed by atoms with Gasteiger partial charge in [0.2, 0.25) is 0 Å². The summed E-state index contributed by atoms with van der Waals surface area (Å²) in [5.41, 5.74) is 1.86. The summed E-state index contributed by atoms with van der Waals surface area (Å²) in [7, 11) is -1.22. The second-order valence-corrected chi connectivity index (χ2v) is 5.71. The zero-order valence-electron chi connectivity index (χ0n) is 9.37. The van der Waals surface area contributed by atoms with E-state index >= 15 is 0 Å². The van der Waals surface area contributed by atoms with Crippen LogP contribution in [0.2, 0.25) is 0 Å². The number of sulfone groups is 1. The predicted octanol–water partition coefficient (Wildman–Crippen LogP) is 1.16. The molecule has 4 heteroatoms. The first-order valence-corrected chi connectivity index (χ1v) is 6.78. The first kappa shape index (κ1) is 12.2. The Balaban J connectivity index is 3.06. The normalized spacial score (nSPS) is 11.7. The molecule has 0 saturated heterocycles. The highest BCUT2D eigenvalue weighted by atomic mass is 32.2. The van der Waals surface area contributed by atoms with E-state index in [0.717, 1.165) is 24.1 Å². The van der Waals surface area contributed by atoms with E-state index in [1.165, 1.54) is 6.26 Å². The van der Waals surface area contributed by atoms with Crippen LogP contribution in [-0.2, 0) is 16.3 Å². The molecule has 0 aliphatic carbocycles. The van der Waals surface area contributed by atoms with Crippen molar-refractivity contribution in [3.63, 3.8) is 0 Å². The van der Waals surface area contributed by atoms with Gasteiger partial charge in [-0.2, -0.15) is 0 Å². The Bertz CT molecular complexity index is 438. The van der Waals surface area contributed by atoms with E-state index in [9.17, 15) is 8.42 Å². The van der Waals surface area contributed by atoms with Crippen LogP contribution in [0.1, 0.15) is 11.1 Å². The average molecular weight is 227 g/mol. The molecule has 0 amide bonds. The molecule has 0 atom stereocenters. The lowest BCUT2D eigenvalue weighted by molar-refractivity contribution is 0.601. The van der Waals surface area contributed by atoms with Crippen LogP contribution in [0.15, 0.2) is 23.1 Å². The Kier molecular flexibility index (Phi) is 3.88. The fourth-order valence-corrected chi connectivity index (χ4v) is 2.49. The maximum Gasteiger partial charge on any atom is 0.175 e. The second kappa shape index (κ2) is 4.77. The van der Waals surface area contributed by atoms with Crippen molar-refractivity contribution in [2.24, 2.45) is 0 Å². The highest BCUT2D eigenvalue weighted by Gasteiger charge is 2.10. The summed E-state index contributed by atoms with van der Waals surface area (Å²) in [5, 5.41) is 3.04. The maximum absolute atomic E-state index is 11.5. The van der Waals surface area contributed by atoms with Crippen LogP contribution in [0.3, 0.4) is 0 Å². The molecule has 0 unspecified atom stereocenters. The molecule has 0 saturated carbocycles. The summed E-state index contributed by atoms with van der Waals surface area (Å²) >= 11 is 0. The van der Waals surface area contributed by atoms with E-state index < -0.39 is 9.84 Å². The number of benzene rings is 1. The Morgan fingerprint density at radius 2 is 2.00 bits per heavy atom. The van der Waals surface area contributed by atoms with Gasteiger partial charge in [-0.05, 0) is 44.1 Å². The first-order chi connectivity index (χ1) is 6.95. The Morgan fingerprint density at radius 1 is 1.33 bits per heavy atom. The summed E-state index contributed by atoms with van der Waals surface area (Å²) in [5.74, 6) is 0. The maximum atomic E-state index is 11.5. The monoisotopic (exact) mass is 227 g/mol. The van der Waals surface area contributed by atoms with E-state index in [1.54, 1.807) is 6.07 Å². The van der Waals surface area contributed by atoms with Crippen molar-refractivity contribution < 1.29 is 8.42 Å². The number of rotatable bonds is 4. The molecule has 0 heterocycles. The van der Waals surface area contributed by atoms with Crippen molar-refractivity contribution in [1.29, 1.82) is 0 Å². The molecule has 1 aromatic rings. The van der Waals surface area contributed by atoms with Crippen molar-refractivity contribution in [3.8, 4) is 0 Å². The van der Waals surface area contributed by atoms with E-state index in [4.69, 9.17) is 0 Å². The molecule has 1 aromatic carbocycles. The highest BCUT2D eigenvalue weighted by Crippen LogP contribution is 2.17. The van der Waals surface area contributed by atoms with E-state index in [0.29, 0.717) is 4.90 Å². The molecule has 15 heavy (non-hydrogen) atoms. The van der Waals surface area contributed by atoms with Crippen LogP contribution in [0, 0.1) is 6.92 Å². The molecule has 0 aromatic heterocycles. The van der Waals surface area contributed by atoms with Crippen LogP contribution in [0.25, 0.3) is 0 Å². The lowest BCUT2D eigenvalue weighted by Crippen LogP contribution is -2.11. The van der Waals surface area contributed by atoms with Gasteiger partial charge in [0.25, 0.3) is 0 Å². The molecule has 0 spiro atoms. The van der Waals surface area contributed by atoms with Crippen LogP contribution in [-0.4, -0.2) is 28.3 Å². The van der Waals surface area contributed by atoms with E-state index in [2.05, 4.69) is 5.32 Å². The molecule has 0 fully saturated rings. The van der Waals surface area contributed by atoms with Crippen LogP contribution >= 0.6 is 0 Å². The lowest BCUT2D eigenvalue weighted by Gasteiger charge is -2.07. The topological polar surface area (TPSA) is 46.2 Å². The van der Waals surface area contributed by atoms with Gasteiger partial charge in [0.05, 0.1) is 4.90 Å². The van der Waals surface area contributed by atoms with Crippen molar-refractivity contribution in [1.82, 2.24) is 5.32 Å². The Morgan fingerprint density at radius 3 is 2.53 bits per heavy atom. The summed E-state index contributed by atoms with van der Waals surface area (Å²) in [6, 6.07) is 5.60. The quantitative estimate of drug-likeness (QED) is 0.839. The van der Waals surface area contributed by atoms with Crippen LogP contribution < -0.4 is 5.32 Å². The third kappa shape index (κ3) is 3.32. The van der Waals surface area contributed by atoms with Gasteiger partial charge in [0.1, 0.15) is 0 Å². The summed E-state index contributed by atoms with van der Waals surface area (Å²) in [6.07, 6.45) is 2.09. The molecule has 0 radical (unpaired) electrons. The van der Waals surface area contributed by atoms with Gasteiger partial charge in [-0.15, -0.1) is 0 Å². The summed E-state index contributed by atoms with van der Waals surface area (Å²) < 4.78 is 22.9. The molecule has 1 rings (SSSR count). The van der Waals surface area contributed by atoms with Crippen molar-refractivity contribution in [3.05, 3.63) is 29.3 Å². The second-order valence-electron chi connectivity index (χ2n) is 3.73. The standard InChI is InChI=1S/C11H17NO2S/c1-9-4-5-10(6-7-12-2)8-11(9)15(3,13)14/h4-5,8,12H,6-7H2,1-3H3. The van der Waals surface area contributed by atoms with Gasteiger partial charge in [0.15, 0.2) is 9.84 Å². The summed E-state index contributed by atoms with van der Waals surface area (Å²) in [6.45, 7) is 2.67. The number of likely N-dealkylation sites (N-methyl/N-ethyl adjacent to an activating group) is 1. The minimum atomic E-state index is -3.10. The van der Waals surface area contributed by atoms with Gasteiger partial charge in [-0.25, -0.2) is 8.42 Å².